The maximum atomic E-state index is 12.7. The fraction of sp³-hybridized carbons (Fsp3) is 0.467. The molecular formula is C15H17BrN2O2. The van der Waals surface area contributed by atoms with Crippen LogP contribution in [0.1, 0.15) is 24.8 Å². The average molecular weight is 337 g/mol. The number of hydrogen-bond acceptors (Lipinski definition) is 2. The van der Waals surface area contributed by atoms with E-state index in [1.807, 2.05) is 25.1 Å². The number of anilines is 1. The van der Waals surface area contributed by atoms with Crippen LogP contribution in [0.2, 0.25) is 0 Å². The lowest BCUT2D eigenvalue weighted by atomic mass is 9.97. The van der Waals surface area contributed by atoms with E-state index in [9.17, 15) is 9.59 Å². The Labute approximate surface area is 126 Å². The molecule has 5 heteroatoms. The number of hydrogen-bond donors (Lipinski definition) is 0. The van der Waals surface area contributed by atoms with E-state index >= 15 is 0 Å². The van der Waals surface area contributed by atoms with Crippen molar-refractivity contribution in [2.45, 2.75) is 32.2 Å². The predicted molar refractivity (Wildman–Crippen MR) is 80.6 cm³/mol. The molecule has 0 bridgehead atoms. The van der Waals surface area contributed by atoms with E-state index < -0.39 is 0 Å². The molecule has 3 rings (SSSR count). The van der Waals surface area contributed by atoms with Crippen molar-refractivity contribution < 1.29 is 9.59 Å². The second-order valence-electron chi connectivity index (χ2n) is 5.45. The first-order chi connectivity index (χ1) is 9.58. The van der Waals surface area contributed by atoms with Crippen molar-refractivity contribution in [1.29, 1.82) is 0 Å². The van der Waals surface area contributed by atoms with Crippen LogP contribution in [-0.4, -0.2) is 35.8 Å². The van der Waals surface area contributed by atoms with Gasteiger partial charge in [0.25, 0.3) is 0 Å². The molecular weight excluding hydrogens is 320 g/mol. The van der Waals surface area contributed by atoms with Gasteiger partial charge in [-0.05, 0) is 49.9 Å². The number of halogens is 1. The van der Waals surface area contributed by atoms with Crippen LogP contribution in [-0.2, 0) is 9.59 Å². The highest BCUT2D eigenvalue weighted by Crippen LogP contribution is 2.30. The van der Waals surface area contributed by atoms with Crippen molar-refractivity contribution >= 4 is 33.4 Å². The van der Waals surface area contributed by atoms with Crippen LogP contribution in [0.15, 0.2) is 22.7 Å². The van der Waals surface area contributed by atoms with Gasteiger partial charge < -0.3 is 9.80 Å². The number of benzene rings is 1. The largest absolute Gasteiger partial charge is 0.329 e. The molecule has 2 amide bonds. The van der Waals surface area contributed by atoms with Crippen LogP contribution in [0.3, 0.4) is 0 Å². The fourth-order valence-electron chi connectivity index (χ4n) is 3.10. The third-order valence-corrected chi connectivity index (χ3v) is 4.61. The van der Waals surface area contributed by atoms with E-state index in [2.05, 4.69) is 15.9 Å². The Morgan fingerprint density at radius 1 is 1.25 bits per heavy atom. The third-order valence-electron chi connectivity index (χ3n) is 4.12. The van der Waals surface area contributed by atoms with Crippen LogP contribution < -0.4 is 4.90 Å². The molecule has 1 aromatic rings. The predicted octanol–water partition coefficient (Wildman–Crippen LogP) is 2.49. The van der Waals surface area contributed by atoms with Crippen molar-refractivity contribution in [1.82, 2.24) is 4.90 Å². The average Bonchev–Trinajstić information content (AvgIpc) is 2.43. The zero-order chi connectivity index (χ0) is 14.3. The molecule has 0 saturated carbocycles. The monoisotopic (exact) mass is 336 g/mol. The molecule has 1 unspecified atom stereocenters. The van der Waals surface area contributed by atoms with Gasteiger partial charge in [0.2, 0.25) is 11.8 Å². The Balaban J connectivity index is 1.94. The first kappa shape index (κ1) is 13.6. The molecule has 2 aliphatic rings. The topological polar surface area (TPSA) is 40.6 Å². The van der Waals surface area contributed by atoms with E-state index in [1.54, 1.807) is 9.80 Å². The second-order valence-corrected chi connectivity index (χ2v) is 6.37. The molecule has 1 atom stereocenters. The first-order valence-corrected chi connectivity index (χ1v) is 7.74. The molecule has 2 heterocycles. The van der Waals surface area contributed by atoms with Crippen molar-refractivity contribution in [2.24, 2.45) is 0 Å². The van der Waals surface area contributed by atoms with E-state index in [4.69, 9.17) is 0 Å². The fourth-order valence-corrected chi connectivity index (χ4v) is 3.57. The maximum absolute atomic E-state index is 12.7. The standard InChI is InChI=1S/C15H17BrN2O2/c1-10-8-11(16)5-6-12(10)18-9-14(19)17-7-3-2-4-13(17)15(18)20/h5-6,8,13H,2-4,7,9H2,1H3. The summed E-state index contributed by atoms with van der Waals surface area (Å²) in [5, 5.41) is 0. The highest BCUT2D eigenvalue weighted by atomic mass is 79.9. The zero-order valence-corrected chi connectivity index (χ0v) is 13.0. The lowest BCUT2D eigenvalue weighted by Crippen LogP contribution is -2.61. The number of fused-ring (bicyclic) bond motifs is 1. The molecule has 0 N–H and O–H groups in total. The van der Waals surface area contributed by atoms with E-state index in [1.165, 1.54) is 0 Å². The molecule has 0 aliphatic carbocycles. The maximum Gasteiger partial charge on any atom is 0.250 e. The van der Waals surface area contributed by atoms with Gasteiger partial charge in [-0.2, -0.15) is 0 Å². The number of carbonyl (C=O) groups excluding carboxylic acids is 2. The minimum Gasteiger partial charge on any atom is -0.329 e. The summed E-state index contributed by atoms with van der Waals surface area (Å²) in [4.78, 5) is 28.3. The number of nitrogens with zero attached hydrogens (tertiary/aromatic N) is 2. The smallest absolute Gasteiger partial charge is 0.250 e. The summed E-state index contributed by atoms with van der Waals surface area (Å²) in [6, 6.07) is 5.53. The van der Waals surface area contributed by atoms with Gasteiger partial charge in [-0.15, -0.1) is 0 Å². The molecule has 2 fully saturated rings. The van der Waals surface area contributed by atoms with Crippen LogP contribution in [0.4, 0.5) is 5.69 Å². The first-order valence-electron chi connectivity index (χ1n) is 6.95. The molecule has 20 heavy (non-hydrogen) atoms. The van der Waals surface area contributed by atoms with Gasteiger partial charge in [0.05, 0.1) is 0 Å². The highest BCUT2D eigenvalue weighted by Gasteiger charge is 2.41. The van der Waals surface area contributed by atoms with Crippen molar-refractivity contribution in [3.8, 4) is 0 Å². The summed E-state index contributed by atoms with van der Waals surface area (Å²) < 4.78 is 0.980. The van der Waals surface area contributed by atoms with Crippen molar-refractivity contribution in [2.75, 3.05) is 18.0 Å². The van der Waals surface area contributed by atoms with Crippen molar-refractivity contribution in [3.05, 3.63) is 28.2 Å². The van der Waals surface area contributed by atoms with Gasteiger partial charge in [0.15, 0.2) is 0 Å². The summed E-state index contributed by atoms with van der Waals surface area (Å²) in [7, 11) is 0. The van der Waals surface area contributed by atoms with Crippen LogP contribution in [0.25, 0.3) is 0 Å². The van der Waals surface area contributed by atoms with Gasteiger partial charge in [-0.3, -0.25) is 9.59 Å². The Kier molecular flexibility index (Phi) is 3.54. The molecule has 0 spiro atoms. The number of piperidine rings is 1. The zero-order valence-electron chi connectivity index (χ0n) is 11.4. The quantitative estimate of drug-likeness (QED) is 0.790. The number of rotatable bonds is 1. The summed E-state index contributed by atoms with van der Waals surface area (Å²) >= 11 is 3.42. The van der Waals surface area contributed by atoms with Gasteiger partial charge in [0.1, 0.15) is 12.6 Å². The molecule has 0 radical (unpaired) electrons. The van der Waals surface area contributed by atoms with E-state index in [-0.39, 0.29) is 24.4 Å². The minimum absolute atomic E-state index is 0.0646. The van der Waals surface area contributed by atoms with Gasteiger partial charge in [0, 0.05) is 16.7 Å². The third kappa shape index (κ3) is 2.24. The van der Waals surface area contributed by atoms with Crippen LogP contribution >= 0.6 is 15.9 Å². The van der Waals surface area contributed by atoms with Crippen molar-refractivity contribution in [3.63, 3.8) is 0 Å². The summed E-state index contributed by atoms with van der Waals surface area (Å²) in [6.45, 7) is 2.85. The number of carbonyl (C=O) groups is 2. The lowest BCUT2D eigenvalue weighted by molar-refractivity contribution is -0.144. The van der Waals surface area contributed by atoms with E-state index in [0.717, 1.165) is 41.5 Å². The highest BCUT2D eigenvalue weighted by molar-refractivity contribution is 9.10. The Morgan fingerprint density at radius 2 is 2.05 bits per heavy atom. The molecule has 2 saturated heterocycles. The SMILES string of the molecule is Cc1cc(Br)ccc1N1CC(=O)N2CCCCC2C1=O. The lowest BCUT2D eigenvalue weighted by Gasteiger charge is -2.43. The van der Waals surface area contributed by atoms with E-state index in [0.29, 0.717) is 0 Å². The van der Waals surface area contributed by atoms with Crippen LogP contribution in [0.5, 0.6) is 0 Å². The van der Waals surface area contributed by atoms with Gasteiger partial charge in [-0.25, -0.2) is 0 Å². The normalized spacial score (nSPS) is 23.0. The number of amides is 2. The minimum atomic E-state index is -0.256. The molecule has 1 aromatic carbocycles. The Bertz CT molecular complexity index is 573. The Morgan fingerprint density at radius 3 is 2.80 bits per heavy atom. The molecule has 106 valence electrons. The molecule has 0 aromatic heterocycles. The summed E-state index contributed by atoms with van der Waals surface area (Å²) in [5.41, 5.74) is 1.85. The number of piperazine rings is 1. The summed E-state index contributed by atoms with van der Waals surface area (Å²) in [5.74, 6) is 0.131. The van der Waals surface area contributed by atoms with Crippen LogP contribution in [0, 0.1) is 6.92 Å². The summed E-state index contributed by atoms with van der Waals surface area (Å²) in [6.07, 6.45) is 2.82. The number of aryl methyl sites for hydroxylation is 1. The molecule has 2 aliphatic heterocycles. The second kappa shape index (κ2) is 5.20. The molecule has 4 nitrogen and oxygen atoms in total. The Hall–Kier alpha value is -1.36. The van der Waals surface area contributed by atoms with Gasteiger partial charge >= 0.3 is 0 Å². The van der Waals surface area contributed by atoms with Gasteiger partial charge in [-0.1, -0.05) is 15.9 Å².